The number of fused-ring (bicyclic) bond motifs is 1. The minimum atomic E-state index is -1.31. The van der Waals surface area contributed by atoms with E-state index in [9.17, 15) is 9.59 Å². The van der Waals surface area contributed by atoms with E-state index in [0.717, 1.165) is 0 Å². The number of hydrogen-bond acceptors (Lipinski definition) is 3. The molecule has 0 saturated heterocycles. The summed E-state index contributed by atoms with van der Waals surface area (Å²) in [7, 11) is 1.61. The van der Waals surface area contributed by atoms with Crippen LogP contribution in [0, 0.1) is 5.41 Å². The van der Waals surface area contributed by atoms with Crippen molar-refractivity contribution in [3.05, 3.63) is 40.3 Å². The van der Waals surface area contributed by atoms with Gasteiger partial charge in [-0.05, 0) is 24.6 Å². The van der Waals surface area contributed by atoms with E-state index in [4.69, 9.17) is 5.53 Å². The largest absolute Gasteiger partial charge is 0.314 e. The predicted molar refractivity (Wildman–Crippen MR) is 66.3 cm³/mol. The molecule has 0 bridgehead atoms. The number of Topliss-reactive ketones (excluding diaryl/α,β-unsaturated/α-hetero) is 1. The van der Waals surface area contributed by atoms with Crippen LogP contribution < -0.4 is 4.90 Å². The average molecular weight is 244 g/mol. The van der Waals surface area contributed by atoms with Crippen LogP contribution in [-0.4, -0.2) is 25.3 Å². The molecular formula is C12H12N4O2. The van der Waals surface area contributed by atoms with Gasteiger partial charge in [-0.25, -0.2) is 0 Å². The van der Waals surface area contributed by atoms with Crippen molar-refractivity contribution in [3.63, 3.8) is 0 Å². The molecule has 0 aliphatic carbocycles. The van der Waals surface area contributed by atoms with Crippen molar-refractivity contribution < 1.29 is 9.59 Å². The number of carbonyl (C=O) groups excluding carboxylic acids is 2. The number of ketones is 1. The lowest BCUT2D eigenvalue weighted by atomic mass is 9.77. The fourth-order valence-electron chi connectivity index (χ4n) is 2.14. The summed E-state index contributed by atoms with van der Waals surface area (Å²) in [5.74, 6) is -0.646. The Hall–Kier alpha value is -2.33. The summed E-state index contributed by atoms with van der Waals surface area (Å²) in [5, 5.41) is 3.39. The van der Waals surface area contributed by atoms with Gasteiger partial charge in [-0.1, -0.05) is 17.2 Å². The number of hydrogen-bond donors (Lipinski definition) is 0. The molecule has 1 aliphatic rings. The first-order valence-electron chi connectivity index (χ1n) is 5.45. The van der Waals surface area contributed by atoms with E-state index in [2.05, 4.69) is 10.0 Å². The minimum Gasteiger partial charge on any atom is -0.314 e. The molecule has 1 unspecified atom stereocenters. The van der Waals surface area contributed by atoms with Gasteiger partial charge >= 0.3 is 0 Å². The first-order chi connectivity index (χ1) is 8.52. The summed E-state index contributed by atoms with van der Waals surface area (Å²) in [5.41, 5.74) is 8.13. The number of benzene rings is 1. The van der Waals surface area contributed by atoms with E-state index < -0.39 is 5.41 Å². The van der Waals surface area contributed by atoms with Gasteiger partial charge in [0.15, 0.2) is 5.78 Å². The van der Waals surface area contributed by atoms with E-state index >= 15 is 0 Å². The third-order valence-electron chi connectivity index (χ3n) is 3.24. The fraction of sp³-hybridized carbons (Fsp3) is 0.333. The van der Waals surface area contributed by atoms with Gasteiger partial charge in [0.1, 0.15) is 5.41 Å². The molecule has 18 heavy (non-hydrogen) atoms. The SMILES string of the molecule is CN1C(=O)C(C)(CN=[N+]=[N-])C(=O)c2ccccc21. The Balaban J connectivity index is 2.58. The van der Waals surface area contributed by atoms with Crippen molar-refractivity contribution in [2.75, 3.05) is 18.5 Å². The van der Waals surface area contributed by atoms with Crippen LogP contribution >= 0.6 is 0 Å². The van der Waals surface area contributed by atoms with Gasteiger partial charge in [-0.3, -0.25) is 9.59 Å². The monoisotopic (exact) mass is 244 g/mol. The highest BCUT2D eigenvalue weighted by molar-refractivity contribution is 6.24. The van der Waals surface area contributed by atoms with E-state index in [-0.39, 0.29) is 18.2 Å². The highest BCUT2D eigenvalue weighted by Crippen LogP contribution is 2.36. The molecular weight excluding hydrogens is 232 g/mol. The van der Waals surface area contributed by atoms with Crippen LogP contribution in [0.2, 0.25) is 0 Å². The molecule has 2 rings (SSSR count). The summed E-state index contributed by atoms with van der Waals surface area (Å²) in [4.78, 5) is 28.7. The number of nitrogens with zero attached hydrogens (tertiary/aromatic N) is 4. The maximum Gasteiger partial charge on any atom is 0.240 e. The van der Waals surface area contributed by atoms with Crippen molar-refractivity contribution in [3.8, 4) is 0 Å². The summed E-state index contributed by atoms with van der Waals surface area (Å²) in [6.07, 6.45) is 0. The Labute approximate surface area is 104 Å². The van der Waals surface area contributed by atoms with Gasteiger partial charge in [0.25, 0.3) is 0 Å². The van der Waals surface area contributed by atoms with Crippen LogP contribution in [0.4, 0.5) is 5.69 Å². The maximum absolute atomic E-state index is 12.4. The standard InChI is InChI=1S/C12H12N4O2/c1-12(7-14-15-13)10(17)8-5-3-4-6-9(8)16(2)11(12)18/h3-6H,7H2,1-2H3. The number of rotatable bonds is 2. The van der Waals surface area contributed by atoms with E-state index in [1.807, 2.05) is 0 Å². The summed E-state index contributed by atoms with van der Waals surface area (Å²) >= 11 is 0. The number of amides is 1. The van der Waals surface area contributed by atoms with Crippen LogP contribution in [0.25, 0.3) is 10.4 Å². The second kappa shape index (κ2) is 4.16. The Morgan fingerprint density at radius 3 is 2.72 bits per heavy atom. The normalized spacial score (nSPS) is 22.4. The van der Waals surface area contributed by atoms with Crippen molar-refractivity contribution in [1.29, 1.82) is 0 Å². The van der Waals surface area contributed by atoms with Gasteiger partial charge in [0.2, 0.25) is 5.91 Å². The summed E-state index contributed by atoms with van der Waals surface area (Å²) in [6.45, 7) is 1.35. The van der Waals surface area contributed by atoms with E-state index in [1.165, 1.54) is 11.8 Å². The molecule has 1 aromatic rings. The zero-order valence-electron chi connectivity index (χ0n) is 10.1. The first-order valence-corrected chi connectivity index (χ1v) is 5.45. The molecule has 1 amide bonds. The zero-order chi connectivity index (χ0) is 13.3. The molecule has 0 fully saturated rings. The number of azide groups is 1. The highest BCUT2D eigenvalue weighted by Gasteiger charge is 2.47. The Kier molecular flexibility index (Phi) is 2.80. The van der Waals surface area contributed by atoms with Gasteiger partial charge in [-0.2, -0.15) is 0 Å². The molecule has 0 N–H and O–H groups in total. The summed E-state index contributed by atoms with van der Waals surface area (Å²) < 4.78 is 0. The smallest absolute Gasteiger partial charge is 0.240 e. The van der Waals surface area contributed by atoms with Gasteiger partial charge < -0.3 is 4.90 Å². The number of para-hydroxylation sites is 1. The lowest BCUT2D eigenvalue weighted by Gasteiger charge is -2.36. The van der Waals surface area contributed by atoms with Crippen LogP contribution in [-0.2, 0) is 4.79 Å². The molecule has 1 heterocycles. The number of anilines is 1. The zero-order valence-corrected chi connectivity index (χ0v) is 10.1. The first kappa shape index (κ1) is 12.1. The Bertz CT molecular complexity index is 577. The lowest BCUT2D eigenvalue weighted by Crippen LogP contribution is -2.51. The van der Waals surface area contributed by atoms with Crippen molar-refractivity contribution in [2.45, 2.75) is 6.92 Å². The van der Waals surface area contributed by atoms with Crippen LogP contribution in [0.3, 0.4) is 0 Å². The maximum atomic E-state index is 12.4. The molecule has 92 valence electrons. The summed E-state index contributed by atoms with van der Waals surface area (Å²) in [6, 6.07) is 6.91. The molecule has 6 heteroatoms. The second-order valence-corrected chi connectivity index (χ2v) is 4.43. The lowest BCUT2D eigenvalue weighted by molar-refractivity contribution is -0.124. The fourth-order valence-corrected chi connectivity index (χ4v) is 2.14. The molecule has 1 atom stereocenters. The molecule has 0 radical (unpaired) electrons. The second-order valence-electron chi connectivity index (χ2n) is 4.43. The average Bonchev–Trinajstić information content (AvgIpc) is 2.41. The van der Waals surface area contributed by atoms with Crippen molar-refractivity contribution >= 4 is 17.4 Å². The van der Waals surface area contributed by atoms with Crippen LogP contribution in [0.15, 0.2) is 29.4 Å². The molecule has 0 spiro atoms. The third-order valence-corrected chi connectivity index (χ3v) is 3.24. The molecule has 6 nitrogen and oxygen atoms in total. The van der Waals surface area contributed by atoms with Crippen LogP contribution in [0.5, 0.6) is 0 Å². The third kappa shape index (κ3) is 1.55. The predicted octanol–water partition coefficient (Wildman–Crippen LogP) is 2.16. The quantitative estimate of drug-likeness (QED) is 0.345. The Morgan fingerprint density at radius 2 is 2.06 bits per heavy atom. The van der Waals surface area contributed by atoms with Crippen molar-refractivity contribution in [1.82, 2.24) is 0 Å². The van der Waals surface area contributed by atoms with Gasteiger partial charge in [-0.15, -0.1) is 0 Å². The molecule has 0 saturated carbocycles. The molecule has 1 aliphatic heterocycles. The van der Waals surface area contributed by atoms with Gasteiger partial charge in [0.05, 0.1) is 5.69 Å². The van der Waals surface area contributed by atoms with Crippen LogP contribution in [0.1, 0.15) is 17.3 Å². The molecule has 0 aromatic heterocycles. The van der Waals surface area contributed by atoms with Gasteiger partial charge in [0, 0.05) is 24.1 Å². The van der Waals surface area contributed by atoms with E-state index in [1.54, 1.807) is 31.3 Å². The topological polar surface area (TPSA) is 86.1 Å². The minimum absolute atomic E-state index is 0.167. The Morgan fingerprint density at radius 1 is 1.39 bits per heavy atom. The van der Waals surface area contributed by atoms with E-state index in [0.29, 0.717) is 11.3 Å². The van der Waals surface area contributed by atoms with Crippen molar-refractivity contribution in [2.24, 2.45) is 10.5 Å². The molecule has 1 aromatic carbocycles. The number of carbonyl (C=O) groups is 2. The highest BCUT2D eigenvalue weighted by atomic mass is 16.2.